The number of anilines is 1. The molecule has 1 aliphatic rings. The molecule has 136 valence electrons. The minimum atomic E-state index is 0.0504. The predicted octanol–water partition coefficient (Wildman–Crippen LogP) is 2.28. The summed E-state index contributed by atoms with van der Waals surface area (Å²) >= 11 is 1.59. The molecule has 3 rings (SSSR count). The lowest BCUT2D eigenvalue weighted by molar-refractivity contribution is 0.184. The van der Waals surface area contributed by atoms with Gasteiger partial charge < -0.3 is 9.64 Å². The van der Waals surface area contributed by atoms with Crippen LogP contribution >= 0.6 is 11.3 Å². The third kappa shape index (κ3) is 4.43. The Balaban J connectivity index is 1.56. The molecular formula is C17H25N5O2S. The van der Waals surface area contributed by atoms with Gasteiger partial charge in [0, 0.05) is 32.8 Å². The van der Waals surface area contributed by atoms with Gasteiger partial charge in [0.05, 0.1) is 12.0 Å². The molecule has 0 bridgehead atoms. The van der Waals surface area contributed by atoms with Crippen LogP contribution in [0.25, 0.3) is 0 Å². The molecular weight excluding hydrogens is 338 g/mol. The van der Waals surface area contributed by atoms with Gasteiger partial charge in [-0.3, -0.25) is 9.36 Å². The first kappa shape index (κ1) is 18.0. The second kappa shape index (κ2) is 8.05. The fourth-order valence-corrected chi connectivity index (χ4v) is 3.89. The molecule has 0 N–H and O–H groups in total. The van der Waals surface area contributed by atoms with Crippen LogP contribution in [0, 0.1) is 5.92 Å². The van der Waals surface area contributed by atoms with Gasteiger partial charge in [0.2, 0.25) is 5.13 Å². The summed E-state index contributed by atoms with van der Waals surface area (Å²) < 4.78 is 6.84. The highest BCUT2D eigenvalue weighted by molar-refractivity contribution is 7.15. The van der Waals surface area contributed by atoms with Crippen molar-refractivity contribution in [3.8, 4) is 0 Å². The Bertz CT molecular complexity index is 749. The standard InChI is InChI=1S/C17H25N5O2S/c1-12(2)14-8-16(23)22(11-18-14)9-13-4-6-21(7-5-13)17-20-19-15(25-17)10-24-3/h8,11-13H,4-7,9-10H2,1-3H3. The van der Waals surface area contributed by atoms with Gasteiger partial charge in [0.1, 0.15) is 11.6 Å². The molecule has 0 spiro atoms. The molecule has 0 unspecified atom stereocenters. The van der Waals surface area contributed by atoms with Crippen molar-refractivity contribution in [2.75, 3.05) is 25.1 Å². The first-order valence-electron chi connectivity index (χ1n) is 8.69. The van der Waals surface area contributed by atoms with E-state index in [2.05, 4.69) is 20.1 Å². The topological polar surface area (TPSA) is 73.1 Å². The SMILES string of the molecule is COCc1nnc(N2CCC(Cn3cnc(C(C)C)cc3=O)CC2)s1. The Morgan fingerprint density at radius 2 is 2.08 bits per heavy atom. The molecule has 7 nitrogen and oxygen atoms in total. The van der Waals surface area contributed by atoms with Crippen LogP contribution < -0.4 is 10.5 Å². The maximum absolute atomic E-state index is 12.3. The third-order valence-electron chi connectivity index (χ3n) is 4.56. The largest absolute Gasteiger partial charge is 0.377 e. The van der Waals surface area contributed by atoms with Crippen molar-refractivity contribution in [2.24, 2.45) is 5.92 Å². The molecule has 1 saturated heterocycles. The third-order valence-corrected chi connectivity index (χ3v) is 5.51. The number of hydrogen-bond acceptors (Lipinski definition) is 7. The maximum Gasteiger partial charge on any atom is 0.253 e. The minimum Gasteiger partial charge on any atom is -0.377 e. The number of hydrogen-bond donors (Lipinski definition) is 0. The lowest BCUT2D eigenvalue weighted by Crippen LogP contribution is -2.36. The van der Waals surface area contributed by atoms with E-state index >= 15 is 0 Å². The monoisotopic (exact) mass is 363 g/mol. The molecule has 0 saturated carbocycles. The second-order valence-electron chi connectivity index (χ2n) is 6.80. The maximum atomic E-state index is 12.3. The molecule has 0 amide bonds. The molecule has 2 aromatic heterocycles. The van der Waals surface area contributed by atoms with Crippen molar-refractivity contribution in [3.05, 3.63) is 33.4 Å². The smallest absolute Gasteiger partial charge is 0.253 e. The van der Waals surface area contributed by atoms with E-state index in [1.54, 1.807) is 35.4 Å². The minimum absolute atomic E-state index is 0.0504. The summed E-state index contributed by atoms with van der Waals surface area (Å²) in [4.78, 5) is 18.9. The molecule has 2 aromatic rings. The average Bonchev–Trinajstić information content (AvgIpc) is 3.06. The normalized spacial score (nSPS) is 15.9. The van der Waals surface area contributed by atoms with Crippen molar-refractivity contribution >= 4 is 16.5 Å². The Kier molecular flexibility index (Phi) is 5.80. The van der Waals surface area contributed by atoms with Gasteiger partial charge >= 0.3 is 0 Å². The second-order valence-corrected chi connectivity index (χ2v) is 7.84. The summed E-state index contributed by atoms with van der Waals surface area (Å²) in [6.45, 7) is 7.23. The van der Waals surface area contributed by atoms with Crippen LogP contribution in [0.2, 0.25) is 0 Å². The molecule has 25 heavy (non-hydrogen) atoms. The number of methoxy groups -OCH3 is 1. The zero-order valence-corrected chi connectivity index (χ0v) is 15.8. The average molecular weight is 363 g/mol. The molecule has 0 aromatic carbocycles. The van der Waals surface area contributed by atoms with E-state index in [-0.39, 0.29) is 11.5 Å². The van der Waals surface area contributed by atoms with Crippen LogP contribution in [0.3, 0.4) is 0 Å². The lowest BCUT2D eigenvalue weighted by Gasteiger charge is -2.31. The fourth-order valence-electron chi connectivity index (χ4n) is 3.03. The van der Waals surface area contributed by atoms with Gasteiger partial charge in [0.25, 0.3) is 5.56 Å². The number of piperidine rings is 1. The van der Waals surface area contributed by atoms with E-state index in [1.165, 1.54) is 0 Å². The Morgan fingerprint density at radius 3 is 2.72 bits per heavy atom. The summed E-state index contributed by atoms with van der Waals surface area (Å²) in [5, 5.41) is 10.3. The van der Waals surface area contributed by atoms with Crippen molar-refractivity contribution in [2.45, 2.75) is 45.8 Å². The summed E-state index contributed by atoms with van der Waals surface area (Å²) in [6.07, 6.45) is 3.78. The van der Waals surface area contributed by atoms with Gasteiger partial charge in [-0.2, -0.15) is 0 Å². The first-order chi connectivity index (χ1) is 12.1. The lowest BCUT2D eigenvalue weighted by atomic mass is 9.97. The zero-order valence-electron chi connectivity index (χ0n) is 15.0. The molecule has 1 fully saturated rings. The molecule has 0 atom stereocenters. The van der Waals surface area contributed by atoms with E-state index in [0.29, 0.717) is 12.5 Å². The quantitative estimate of drug-likeness (QED) is 0.784. The fraction of sp³-hybridized carbons (Fsp3) is 0.647. The molecule has 8 heteroatoms. The van der Waals surface area contributed by atoms with Crippen LogP contribution in [0.4, 0.5) is 5.13 Å². The molecule has 0 radical (unpaired) electrons. The van der Waals surface area contributed by atoms with E-state index < -0.39 is 0 Å². The van der Waals surface area contributed by atoms with Crippen LogP contribution in [0.15, 0.2) is 17.2 Å². The summed E-state index contributed by atoms with van der Waals surface area (Å²) in [7, 11) is 1.66. The van der Waals surface area contributed by atoms with Gasteiger partial charge in [-0.15, -0.1) is 10.2 Å². The van der Waals surface area contributed by atoms with Crippen molar-refractivity contribution < 1.29 is 4.74 Å². The van der Waals surface area contributed by atoms with Gasteiger partial charge in [-0.25, -0.2) is 4.98 Å². The van der Waals surface area contributed by atoms with E-state index in [4.69, 9.17) is 4.74 Å². The van der Waals surface area contributed by atoms with Gasteiger partial charge in [-0.1, -0.05) is 25.2 Å². The Morgan fingerprint density at radius 1 is 1.32 bits per heavy atom. The Labute approximate surface area is 151 Å². The van der Waals surface area contributed by atoms with Gasteiger partial charge in [0.15, 0.2) is 0 Å². The van der Waals surface area contributed by atoms with Crippen molar-refractivity contribution in [3.63, 3.8) is 0 Å². The first-order valence-corrected chi connectivity index (χ1v) is 9.51. The van der Waals surface area contributed by atoms with Gasteiger partial charge in [-0.05, 0) is 24.7 Å². The summed E-state index contributed by atoms with van der Waals surface area (Å²) in [5.41, 5.74) is 0.911. The van der Waals surface area contributed by atoms with Crippen LogP contribution in [-0.4, -0.2) is 39.9 Å². The van der Waals surface area contributed by atoms with E-state index in [9.17, 15) is 4.79 Å². The van der Waals surface area contributed by atoms with E-state index in [0.717, 1.165) is 48.3 Å². The summed E-state index contributed by atoms with van der Waals surface area (Å²) in [6, 6.07) is 1.67. The molecule has 0 aliphatic carbocycles. The highest BCUT2D eigenvalue weighted by Crippen LogP contribution is 2.27. The highest BCUT2D eigenvalue weighted by Gasteiger charge is 2.22. The zero-order chi connectivity index (χ0) is 17.8. The number of ether oxygens (including phenoxy) is 1. The van der Waals surface area contributed by atoms with Crippen LogP contribution in [-0.2, 0) is 17.9 Å². The van der Waals surface area contributed by atoms with Crippen molar-refractivity contribution in [1.29, 1.82) is 0 Å². The number of rotatable bonds is 6. The van der Waals surface area contributed by atoms with Crippen LogP contribution in [0.1, 0.15) is 43.3 Å². The number of nitrogens with zero attached hydrogens (tertiary/aromatic N) is 5. The Hall–Kier alpha value is -1.80. The van der Waals surface area contributed by atoms with Crippen LogP contribution in [0.5, 0.6) is 0 Å². The predicted molar refractivity (Wildman–Crippen MR) is 98.1 cm³/mol. The molecule has 1 aliphatic heterocycles. The van der Waals surface area contributed by atoms with Crippen molar-refractivity contribution in [1.82, 2.24) is 19.7 Å². The molecule has 3 heterocycles. The summed E-state index contributed by atoms with van der Waals surface area (Å²) in [5.74, 6) is 0.771. The number of aromatic nitrogens is 4. The van der Waals surface area contributed by atoms with E-state index in [1.807, 2.05) is 13.8 Å². The highest BCUT2D eigenvalue weighted by atomic mass is 32.1.